The van der Waals surface area contributed by atoms with Gasteiger partial charge in [0.15, 0.2) is 12.0 Å². The van der Waals surface area contributed by atoms with Crippen molar-refractivity contribution >= 4 is 5.78 Å². The maximum absolute atomic E-state index is 12.7. The van der Waals surface area contributed by atoms with Crippen LogP contribution in [0.5, 0.6) is 0 Å². The SMILES string of the molecule is CC(C)Cc1ccc(C(=O)[C@@H](C)F)cc1. The summed E-state index contributed by atoms with van der Waals surface area (Å²) in [6, 6.07) is 7.21. The third-order valence-corrected chi connectivity index (χ3v) is 2.24. The minimum absolute atomic E-state index is 0.439. The number of carbonyl (C=O) groups excluding carboxylic acids is 1. The summed E-state index contributed by atoms with van der Waals surface area (Å²) in [6.07, 6.45) is -0.430. The van der Waals surface area contributed by atoms with Gasteiger partial charge in [-0.1, -0.05) is 38.1 Å². The summed E-state index contributed by atoms with van der Waals surface area (Å²) in [5.41, 5.74) is 1.64. The zero-order valence-corrected chi connectivity index (χ0v) is 9.46. The lowest BCUT2D eigenvalue weighted by Gasteiger charge is -2.06. The first-order valence-electron chi connectivity index (χ1n) is 5.28. The van der Waals surface area contributed by atoms with Gasteiger partial charge in [-0.15, -0.1) is 0 Å². The first kappa shape index (κ1) is 11.9. The van der Waals surface area contributed by atoms with Gasteiger partial charge in [-0.05, 0) is 24.8 Å². The van der Waals surface area contributed by atoms with Crippen LogP contribution in [0.1, 0.15) is 36.7 Å². The van der Waals surface area contributed by atoms with E-state index in [1.807, 2.05) is 12.1 Å². The Hall–Kier alpha value is -1.18. The lowest BCUT2D eigenvalue weighted by molar-refractivity contribution is 0.0893. The molecule has 0 saturated heterocycles. The first-order valence-corrected chi connectivity index (χ1v) is 5.28. The molecular weight excluding hydrogens is 191 g/mol. The van der Waals surface area contributed by atoms with Gasteiger partial charge in [0.25, 0.3) is 0 Å². The monoisotopic (exact) mass is 208 g/mol. The third kappa shape index (κ3) is 3.46. The second kappa shape index (κ2) is 5.06. The topological polar surface area (TPSA) is 17.1 Å². The lowest BCUT2D eigenvalue weighted by atomic mass is 10.00. The van der Waals surface area contributed by atoms with Gasteiger partial charge in [0, 0.05) is 5.56 Å². The molecule has 1 aromatic carbocycles. The molecule has 0 aliphatic carbocycles. The summed E-state index contributed by atoms with van der Waals surface area (Å²) in [4.78, 5) is 11.3. The van der Waals surface area contributed by atoms with E-state index in [0.29, 0.717) is 11.5 Å². The van der Waals surface area contributed by atoms with Crippen molar-refractivity contribution in [3.05, 3.63) is 35.4 Å². The molecule has 1 nitrogen and oxygen atoms in total. The molecule has 0 spiro atoms. The van der Waals surface area contributed by atoms with Crippen LogP contribution in [0.15, 0.2) is 24.3 Å². The molecule has 0 N–H and O–H groups in total. The van der Waals surface area contributed by atoms with Gasteiger partial charge in [-0.2, -0.15) is 0 Å². The Bertz CT molecular complexity index is 325. The quantitative estimate of drug-likeness (QED) is 0.693. The van der Waals surface area contributed by atoms with Crippen molar-refractivity contribution in [2.24, 2.45) is 5.92 Å². The highest BCUT2D eigenvalue weighted by atomic mass is 19.1. The number of hydrogen-bond donors (Lipinski definition) is 0. The average molecular weight is 208 g/mol. The predicted octanol–water partition coefficient (Wildman–Crippen LogP) is 3.43. The molecule has 0 radical (unpaired) electrons. The summed E-state index contributed by atoms with van der Waals surface area (Å²) in [5.74, 6) is 0.151. The van der Waals surface area contributed by atoms with Crippen molar-refractivity contribution in [1.29, 1.82) is 0 Å². The van der Waals surface area contributed by atoms with E-state index in [9.17, 15) is 9.18 Å². The fraction of sp³-hybridized carbons (Fsp3) is 0.462. The zero-order chi connectivity index (χ0) is 11.4. The Labute approximate surface area is 90.3 Å². The number of halogens is 1. The Morgan fingerprint density at radius 2 is 1.73 bits per heavy atom. The molecule has 0 unspecified atom stereocenters. The Kier molecular flexibility index (Phi) is 4.01. The molecule has 0 heterocycles. The Morgan fingerprint density at radius 1 is 1.20 bits per heavy atom. The maximum atomic E-state index is 12.7. The van der Waals surface area contributed by atoms with Crippen LogP contribution in [0.4, 0.5) is 4.39 Å². The van der Waals surface area contributed by atoms with Crippen LogP contribution in [0.3, 0.4) is 0 Å². The van der Waals surface area contributed by atoms with Crippen molar-refractivity contribution in [3.8, 4) is 0 Å². The van der Waals surface area contributed by atoms with E-state index in [2.05, 4.69) is 13.8 Å². The molecule has 0 amide bonds. The van der Waals surface area contributed by atoms with Crippen molar-refractivity contribution in [2.75, 3.05) is 0 Å². The lowest BCUT2D eigenvalue weighted by Crippen LogP contribution is -2.11. The molecule has 0 aliphatic rings. The van der Waals surface area contributed by atoms with Gasteiger partial charge in [0.1, 0.15) is 0 Å². The number of Topliss-reactive ketones (excluding diaryl/α,β-unsaturated/α-hetero) is 1. The number of ketones is 1. The molecule has 0 fully saturated rings. The minimum Gasteiger partial charge on any atom is -0.291 e. The molecule has 1 aromatic rings. The van der Waals surface area contributed by atoms with Crippen LogP contribution in [0, 0.1) is 5.92 Å². The second-order valence-electron chi connectivity index (χ2n) is 4.28. The largest absolute Gasteiger partial charge is 0.291 e. The van der Waals surface area contributed by atoms with E-state index in [1.54, 1.807) is 12.1 Å². The molecule has 15 heavy (non-hydrogen) atoms. The Morgan fingerprint density at radius 3 is 2.13 bits per heavy atom. The summed E-state index contributed by atoms with van der Waals surface area (Å²) >= 11 is 0. The van der Waals surface area contributed by atoms with E-state index in [1.165, 1.54) is 12.5 Å². The fourth-order valence-corrected chi connectivity index (χ4v) is 1.51. The minimum atomic E-state index is -1.42. The van der Waals surface area contributed by atoms with E-state index < -0.39 is 12.0 Å². The molecule has 0 saturated carbocycles. The predicted molar refractivity (Wildman–Crippen MR) is 59.9 cm³/mol. The highest BCUT2D eigenvalue weighted by molar-refractivity contribution is 5.99. The van der Waals surface area contributed by atoms with Crippen LogP contribution in [0.2, 0.25) is 0 Å². The first-order chi connectivity index (χ1) is 7.00. The summed E-state index contributed by atoms with van der Waals surface area (Å²) < 4.78 is 12.7. The van der Waals surface area contributed by atoms with Crippen LogP contribution >= 0.6 is 0 Å². The summed E-state index contributed by atoms with van der Waals surface area (Å²) in [7, 11) is 0. The number of rotatable bonds is 4. The molecule has 0 aromatic heterocycles. The molecule has 0 aliphatic heterocycles. The van der Waals surface area contributed by atoms with Crippen molar-refractivity contribution < 1.29 is 9.18 Å². The Balaban J connectivity index is 2.76. The van der Waals surface area contributed by atoms with Crippen LogP contribution in [-0.4, -0.2) is 12.0 Å². The van der Waals surface area contributed by atoms with Crippen molar-refractivity contribution in [1.82, 2.24) is 0 Å². The maximum Gasteiger partial charge on any atom is 0.196 e. The molecule has 1 rings (SSSR count). The van der Waals surface area contributed by atoms with Gasteiger partial charge in [0.05, 0.1) is 0 Å². The zero-order valence-electron chi connectivity index (χ0n) is 9.46. The number of alkyl halides is 1. The standard InChI is InChI=1S/C13H17FO/c1-9(2)8-11-4-6-12(7-5-11)13(15)10(3)14/h4-7,9-10H,8H2,1-3H3/t10-/m1/s1. The third-order valence-electron chi connectivity index (χ3n) is 2.24. The molecule has 1 atom stereocenters. The number of benzene rings is 1. The van der Waals surface area contributed by atoms with Gasteiger partial charge in [-0.25, -0.2) is 4.39 Å². The van der Waals surface area contributed by atoms with Crippen molar-refractivity contribution in [3.63, 3.8) is 0 Å². The number of hydrogen-bond acceptors (Lipinski definition) is 1. The number of carbonyl (C=O) groups is 1. The van der Waals surface area contributed by atoms with Crippen LogP contribution in [-0.2, 0) is 6.42 Å². The van der Waals surface area contributed by atoms with Gasteiger partial charge in [0.2, 0.25) is 0 Å². The van der Waals surface area contributed by atoms with E-state index in [4.69, 9.17) is 0 Å². The van der Waals surface area contributed by atoms with Gasteiger partial charge in [-0.3, -0.25) is 4.79 Å². The van der Waals surface area contributed by atoms with E-state index >= 15 is 0 Å². The van der Waals surface area contributed by atoms with Gasteiger partial charge < -0.3 is 0 Å². The fourth-order valence-electron chi connectivity index (χ4n) is 1.51. The second-order valence-corrected chi connectivity index (χ2v) is 4.28. The smallest absolute Gasteiger partial charge is 0.196 e. The molecule has 2 heteroatoms. The molecule has 82 valence electrons. The summed E-state index contributed by atoms with van der Waals surface area (Å²) in [5, 5.41) is 0. The highest BCUT2D eigenvalue weighted by Crippen LogP contribution is 2.11. The summed E-state index contributed by atoms with van der Waals surface area (Å²) in [6.45, 7) is 5.55. The van der Waals surface area contributed by atoms with E-state index in [-0.39, 0.29) is 0 Å². The average Bonchev–Trinajstić information content (AvgIpc) is 2.17. The van der Waals surface area contributed by atoms with Crippen LogP contribution in [0.25, 0.3) is 0 Å². The van der Waals surface area contributed by atoms with Gasteiger partial charge >= 0.3 is 0 Å². The molecular formula is C13H17FO. The van der Waals surface area contributed by atoms with Crippen LogP contribution < -0.4 is 0 Å². The van der Waals surface area contributed by atoms with E-state index in [0.717, 1.165) is 6.42 Å². The highest BCUT2D eigenvalue weighted by Gasteiger charge is 2.13. The van der Waals surface area contributed by atoms with Crippen molar-refractivity contribution in [2.45, 2.75) is 33.4 Å². The molecule has 0 bridgehead atoms. The normalized spacial score (nSPS) is 12.9.